The van der Waals surface area contributed by atoms with Gasteiger partial charge in [0.1, 0.15) is 18.5 Å². The Hall–Kier alpha value is -1.80. The van der Waals surface area contributed by atoms with Gasteiger partial charge in [0.25, 0.3) is 0 Å². The number of Topliss-reactive ketones (excluding diaryl/α,β-unsaturated/α-hetero) is 1. The van der Waals surface area contributed by atoms with Crippen LogP contribution in [0.4, 0.5) is 5.69 Å². The fourth-order valence-electron chi connectivity index (χ4n) is 2.09. The van der Waals surface area contributed by atoms with Crippen LogP contribution in [-0.4, -0.2) is 39.5 Å². The second kappa shape index (κ2) is 3.60. The zero-order valence-corrected chi connectivity index (χ0v) is 8.68. The number of ketones is 1. The summed E-state index contributed by atoms with van der Waals surface area (Å²) in [5.41, 5.74) is -0.0986. The predicted molar refractivity (Wildman–Crippen MR) is 52.2 cm³/mol. The zero-order chi connectivity index (χ0) is 12.0. The number of carbonyl (C=O) groups excluding carboxylic acids is 1. The quantitative estimate of drug-likeness (QED) is 0.534. The van der Waals surface area contributed by atoms with Crippen LogP contribution < -0.4 is 0 Å². The van der Waals surface area contributed by atoms with Crippen molar-refractivity contribution in [3.8, 4) is 0 Å². The van der Waals surface area contributed by atoms with Gasteiger partial charge in [-0.25, -0.2) is 0 Å². The van der Waals surface area contributed by atoms with E-state index in [1.54, 1.807) is 0 Å². The number of rotatable bonds is 2. The van der Waals surface area contributed by atoms with Crippen LogP contribution in [0.15, 0.2) is 12.4 Å². The largest absolute Gasteiger partial charge is 0.343 e. The normalized spacial score (nSPS) is 31.8. The highest BCUT2D eigenvalue weighted by molar-refractivity contribution is 5.83. The topological polar surface area (TPSA) is 96.5 Å². The maximum absolute atomic E-state index is 11.6. The van der Waals surface area contributed by atoms with Crippen molar-refractivity contribution < 1.29 is 19.2 Å². The molecule has 3 atom stereocenters. The van der Waals surface area contributed by atoms with Crippen LogP contribution >= 0.6 is 0 Å². The second-order valence-electron chi connectivity index (χ2n) is 4.01. The maximum Gasteiger partial charge on any atom is 0.307 e. The van der Waals surface area contributed by atoms with Gasteiger partial charge in [-0.05, 0) is 0 Å². The van der Waals surface area contributed by atoms with E-state index in [9.17, 15) is 14.9 Å². The monoisotopic (exact) mass is 239 g/mol. The molecule has 17 heavy (non-hydrogen) atoms. The molecule has 3 rings (SSSR count). The molecule has 8 heteroatoms. The molecule has 2 saturated heterocycles. The zero-order valence-electron chi connectivity index (χ0n) is 8.68. The fourth-order valence-corrected chi connectivity index (χ4v) is 2.09. The minimum Gasteiger partial charge on any atom is -0.343 e. The van der Waals surface area contributed by atoms with Crippen molar-refractivity contribution in [1.82, 2.24) is 9.78 Å². The number of ether oxygens (including phenoxy) is 2. The maximum atomic E-state index is 11.6. The van der Waals surface area contributed by atoms with Gasteiger partial charge < -0.3 is 9.47 Å². The van der Waals surface area contributed by atoms with Crippen molar-refractivity contribution in [2.45, 2.75) is 24.9 Å². The molecule has 1 unspecified atom stereocenters. The first kappa shape index (κ1) is 10.4. The second-order valence-corrected chi connectivity index (χ2v) is 4.01. The van der Waals surface area contributed by atoms with Crippen LogP contribution in [-0.2, 0) is 14.3 Å². The lowest BCUT2D eigenvalue weighted by Crippen LogP contribution is -2.37. The minimum atomic E-state index is -0.762. The van der Waals surface area contributed by atoms with Crippen LogP contribution in [0.25, 0.3) is 0 Å². The summed E-state index contributed by atoms with van der Waals surface area (Å²) in [6.07, 6.45) is 1.67. The average Bonchev–Trinajstić information content (AvgIpc) is 2.93. The first-order valence-electron chi connectivity index (χ1n) is 5.13. The van der Waals surface area contributed by atoms with Crippen LogP contribution in [0, 0.1) is 10.1 Å². The summed E-state index contributed by atoms with van der Waals surface area (Å²) in [6, 6.07) is -0.324. The highest BCUT2D eigenvalue weighted by atomic mass is 16.7. The molecule has 0 N–H and O–H groups in total. The molecule has 0 saturated carbocycles. The molecule has 8 nitrogen and oxygen atoms in total. The molecule has 1 aromatic heterocycles. The number of hydrogen-bond acceptors (Lipinski definition) is 6. The minimum absolute atomic E-state index is 0.0986. The van der Waals surface area contributed by atoms with Crippen LogP contribution in [0.1, 0.15) is 12.5 Å². The van der Waals surface area contributed by atoms with Gasteiger partial charge in [0, 0.05) is 6.42 Å². The Morgan fingerprint density at radius 2 is 2.41 bits per heavy atom. The SMILES string of the molecule is O=C1C[C@@H](n2cc([N+](=O)[O-])cn2)C2CO[C@H]1O2. The molecule has 3 heterocycles. The highest BCUT2D eigenvalue weighted by Crippen LogP contribution is 2.33. The number of nitrogens with zero attached hydrogens (tertiary/aromatic N) is 3. The third-order valence-electron chi connectivity index (χ3n) is 2.95. The molecule has 0 amide bonds. The van der Waals surface area contributed by atoms with Gasteiger partial charge in [-0.1, -0.05) is 0 Å². The number of hydrogen-bond donors (Lipinski definition) is 0. The standard InChI is InChI=1S/C9H9N3O5/c13-7-1-6(8-4-16-9(7)17-8)11-3-5(2-10-11)12(14)15/h2-3,6,8-9H,1,4H2/t6-,8?,9+/m1/s1. The number of nitro groups is 1. The van der Waals surface area contributed by atoms with Crippen molar-refractivity contribution in [3.05, 3.63) is 22.5 Å². The van der Waals surface area contributed by atoms with E-state index in [-0.39, 0.29) is 30.0 Å². The van der Waals surface area contributed by atoms with Gasteiger partial charge in [-0.15, -0.1) is 0 Å². The van der Waals surface area contributed by atoms with E-state index < -0.39 is 11.2 Å². The summed E-state index contributed by atoms with van der Waals surface area (Å²) >= 11 is 0. The summed E-state index contributed by atoms with van der Waals surface area (Å²) < 4.78 is 11.9. The lowest BCUT2D eigenvalue weighted by atomic mass is 10.0. The summed E-state index contributed by atoms with van der Waals surface area (Å²) in [7, 11) is 0. The van der Waals surface area contributed by atoms with Gasteiger partial charge in [-0.2, -0.15) is 5.10 Å². The molecule has 2 bridgehead atoms. The lowest BCUT2D eigenvalue weighted by Gasteiger charge is -2.26. The Morgan fingerprint density at radius 3 is 3.12 bits per heavy atom. The third kappa shape index (κ3) is 1.61. The van der Waals surface area contributed by atoms with Gasteiger partial charge >= 0.3 is 5.69 Å². The molecule has 2 aliphatic rings. The van der Waals surface area contributed by atoms with Crippen molar-refractivity contribution >= 4 is 11.5 Å². The van der Waals surface area contributed by atoms with E-state index in [2.05, 4.69) is 5.10 Å². The average molecular weight is 239 g/mol. The van der Waals surface area contributed by atoms with Crippen LogP contribution in [0.5, 0.6) is 0 Å². The Morgan fingerprint density at radius 1 is 1.59 bits per heavy atom. The van der Waals surface area contributed by atoms with E-state index in [0.717, 1.165) is 6.20 Å². The van der Waals surface area contributed by atoms with E-state index in [4.69, 9.17) is 9.47 Å². The smallest absolute Gasteiger partial charge is 0.307 e. The van der Waals surface area contributed by atoms with E-state index >= 15 is 0 Å². The number of fused-ring (bicyclic) bond motifs is 2. The van der Waals surface area contributed by atoms with Crippen molar-refractivity contribution in [3.63, 3.8) is 0 Å². The number of aromatic nitrogens is 2. The summed E-state index contributed by atoms with van der Waals surface area (Å²) in [5, 5.41) is 14.4. The Bertz CT molecular complexity index is 485. The first-order valence-corrected chi connectivity index (χ1v) is 5.13. The van der Waals surface area contributed by atoms with Crippen molar-refractivity contribution in [2.24, 2.45) is 0 Å². The van der Waals surface area contributed by atoms with E-state index in [1.807, 2.05) is 0 Å². The molecular weight excluding hydrogens is 230 g/mol. The Labute approximate surface area is 95.3 Å². The summed E-state index contributed by atoms with van der Waals surface area (Å²) in [5.74, 6) is -0.151. The van der Waals surface area contributed by atoms with Crippen molar-refractivity contribution in [1.29, 1.82) is 0 Å². The predicted octanol–water partition coefficient (Wildman–Crippen LogP) is 0.0467. The molecule has 90 valence electrons. The van der Waals surface area contributed by atoms with Crippen molar-refractivity contribution in [2.75, 3.05) is 6.61 Å². The van der Waals surface area contributed by atoms with Crippen LogP contribution in [0.3, 0.4) is 0 Å². The lowest BCUT2D eigenvalue weighted by molar-refractivity contribution is -0.385. The molecule has 0 aromatic carbocycles. The first-order chi connectivity index (χ1) is 8.15. The molecule has 0 radical (unpaired) electrons. The highest BCUT2D eigenvalue weighted by Gasteiger charge is 2.44. The Kier molecular flexibility index (Phi) is 2.20. The van der Waals surface area contributed by atoms with E-state index in [0.29, 0.717) is 6.61 Å². The fraction of sp³-hybridized carbons (Fsp3) is 0.556. The molecule has 0 aliphatic carbocycles. The molecule has 2 fully saturated rings. The van der Waals surface area contributed by atoms with Crippen LogP contribution in [0.2, 0.25) is 0 Å². The summed E-state index contributed by atoms with van der Waals surface area (Å²) in [6.45, 7) is 0.314. The van der Waals surface area contributed by atoms with Gasteiger partial charge in [0.15, 0.2) is 5.78 Å². The molecular formula is C9H9N3O5. The van der Waals surface area contributed by atoms with E-state index in [1.165, 1.54) is 10.9 Å². The summed E-state index contributed by atoms with van der Waals surface area (Å²) in [4.78, 5) is 21.6. The molecule has 2 aliphatic heterocycles. The molecule has 1 aromatic rings. The van der Waals surface area contributed by atoms with Gasteiger partial charge in [0.2, 0.25) is 6.29 Å². The molecule has 0 spiro atoms. The third-order valence-corrected chi connectivity index (χ3v) is 2.95. The van der Waals surface area contributed by atoms with Gasteiger partial charge in [-0.3, -0.25) is 19.6 Å². The number of carbonyl (C=O) groups is 1. The van der Waals surface area contributed by atoms with Gasteiger partial charge in [0.05, 0.1) is 17.6 Å². The Balaban J connectivity index is 1.87.